The molecule has 2 saturated heterocycles. The van der Waals surface area contributed by atoms with Crippen LogP contribution in [0.1, 0.15) is 32.6 Å². The predicted molar refractivity (Wildman–Crippen MR) is 72.6 cm³/mol. The van der Waals surface area contributed by atoms with Gasteiger partial charge < -0.3 is 24.4 Å². The van der Waals surface area contributed by atoms with Crippen LogP contribution < -0.4 is 0 Å². The summed E-state index contributed by atoms with van der Waals surface area (Å²) in [4.78, 5) is 23.7. The van der Waals surface area contributed by atoms with E-state index < -0.39 is 5.92 Å². The Labute approximate surface area is 124 Å². The molecule has 3 atom stereocenters. The van der Waals surface area contributed by atoms with Gasteiger partial charge in [0.25, 0.3) is 0 Å². The van der Waals surface area contributed by atoms with Crippen LogP contribution in [0.4, 0.5) is 0 Å². The van der Waals surface area contributed by atoms with E-state index in [-0.39, 0.29) is 49.3 Å². The summed E-state index contributed by atoms with van der Waals surface area (Å²) in [5, 5.41) is 0. The van der Waals surface area contributed by atoms with Gasteiger partial charge >= 0.3 is 11.9 Å². The van der Waals surface area contributed by atoms with Crippen molar-refractivity contribution in [1.29, 1.82) is 0 Å². The van der Waals surface area contributed by atoms with E-state index in [1.165, 1.54) is 0 Å². The molecule has 2 aliphatic heterocycles. The van der Waals surface area contributed by atoms with Gasteiger partial charge in [0.2, 0.25) is 0 Å². The number of hydrogen-bond donors (Lipinski definition) is 0. The quantitative estimate of drug-likeness (QED) is 0.422. The summed E-state index contributed by atoms with van der Waals surface area (Å²) in [6, 6.07) is 0. The average molecular weight is 304 g/mol. The van der Waals surface area contributed by atoms with E-state index in [9.17, 15) is 9.59 Å². The van der Waals surface area contributed by atoms with Crippen LogP contribution in [0.15, 0.2) is 0 Å². The largest absolute Gasteiger partial charge is 0.463 e. The van der Waals surface area contributed by atoms with Crippen molar-refractivity contribution >= 4 is 11.9 Å². The van der Waals surface area contributed by atoms with Crippen molar-refractivity contribution in [1.82, 2.24) is 0 Å². The molecule has 0 bridgehead atoms. The summed E-state index contributed by atoms with van der Waals surface area (Å²) in [5.41, 5.74) is 0. The molecule has 2 N–H and O–H groups in total. The molecule has 2 rings (SSSR count). The molecule has 2 heterocycles. The molecule has 0 aromatic carbocycles. The minimum absolute atomic E-state index is 0. The normalized spacial score (nSPS) is 23.7. The maximum absolute atomic E-state index is 12.0. The standard InChI is InChI=1S/C14H22O6.H2O/c1-2-3-4-10(14(16)20-9-12-7-18-12)5-13(15)19-8-11-6-17-11;/h10-12H,2-9H2,1H3;1H2. The van der Waals surface area contributed by atoms with Crippen molar-refractivity contribution in [2.24, 2.45) is 5.92 Å². The van der Waals surface area contributed by atoms with Crippen molar-refractivity contribution in [2.75, 3.05) is 26.4 Å². The minimum atomic E-state index is -0.415. The number of rotatable bonds is 10. The van der Waals surface area contributed by atoms with E-state index in [1.807, 2.05) is 6.92 Å². The maximum atomic E-state index is 12.0. The first-order valence-electron chi connectivity index (χ1n) is 7.24. The van der Waals surface area contributed by atoms with E-state index >= 15 is 0 Å². The fourth-order valence-electron chi connectivity index (χ4n) is 1.82. The van der Waals surface area contributed by atoms with Gasteiger partial charge in [0.05, 0.1) is 25.6 Å². The molecule has 0 aromatic rings. The Kier molecular flexibility index (Phi) is 7.63. The van der Waals surface area contributed by atoms with E-state index in [0.29, 0.717) is 19.6 Å². The monoisotopic (exact) mass is 304 g/mol. The minimum Gasteiger partial charge on any atom is -0.463 e. The third-order valence-electron chi connectivity index (χ3n) is 3.30. The number of unbranched alkanes of at least 4 members (excludes halogenated alkanes) is 1. The van der Waals surface area contributed by atoms with Gasteiger partial charge in [-0.15, -0.1) is 0 Å². The Morgan fingerprint density at radius 1 is 1.14 bits per heavy atom. The highest BCUT2D eigenvalue weighted by atomic mass is 16.6. The fraction of sp³-hybridized carbons (Fsp3) is 0.857. The van der Waals surface area contributed by atoms with Crippen LogP contribution in [-0.4, -0.2) is 56.1 Å². The van der Waals surface area contributed by atoms with Crippen molar-refractivity contribution in [3.63, 3.8) is 0 Å². The van der Waals surface area contributed by atoms with Crippen LogP contribution in [0.3, 0.4) is 0 Å². The first-order chi connectivity index (χ1) is 9.69. The van der Waals surface area contributed by atoms with Crippen LogP contribution in [0.2, 0.25) is 0 Å². The van der Waals surface area contributed by atoms with Gasteiger partial charge in [0.15, 0.2) is 0 Å². The number of ether oxygens (including phenoxy) is 4. The topological polar surface area (TPSA) is 109 Å². The highest BCUT2D eigenvalue weighted by Crippen LogP contribution is 2.18. The third kappa shape index (κ3) is 7.40. The maximum Gasteiger partial charge on any atom is 0.309 e. The highest BCUT2D eigenvalue weighted by Gasteiger charge is 2.29. The second-order valence-electron chi connectivity index (χ2n) is 5.27. The molecule has 7 heteroatoms. The lowest BCUT2D eigenvalue weighted by molar-refractivity contribution is -0.156. The fourth-order valence-corrected chi connectivity index (χ4v) is 1.82. The SMILES string of the molecule is CCCCC(CC(=O)OCC1CO1)C(=O)OCC1CO1.O. The Hall–Kier alpha value is -1.18. The molecule has 0 spiro atoms. The number of esters is 2. The van der Waals surface area contributed by atoms with E-state index in [2.05, 4.69) is 0 Å². The smallest absolute Gasteiger partial charge is 0.309 e. The lowest BCUT2D eigenvalue weighted by Gasteiger charge is -2.14. The van der Waals surface area contributed by atoms with Crippen LogP contribution in [0.5, 0.6) is 0 Å². The number of epoxide rings is 2. The zero-order chi connectivity index (χ0) is 14.4. The zero-order valence-electron chi connectivity index (χ0n) is 12.3. The Morgan fingerprint density at radius 3 is 2.24 bits per heavy atom. The molecule has 21 heavy (non-hydrogen) atoms. The van der Waals surface area contributed by atoms with E-state index in [1.54, 1.807) is 0 Å². The molecule has 3 unspecified atom stereocenters. The molecule has 0 aliphatic carbocycles. The summed E-state index contributed by atoms with van der Waals surface area (Å²) < 4.78 is 20.2. The van der Waals surface area contributed by atoms with Crippen LogP contribution >= 0.6 is 0 Å². The Balaban J connectivity index is 0.00000220. The van der Waals surface area contributed by atoms with E-state index in [4.69, 9.17) is 18.9 Å². The molecule has 122 valence electrons. The molecular formula is C14H24O7. The van der Waals surface area contributed by atoms with Crippen LogP contribution in [0.25, 0.3) is 0 Å². The molecule has 0 radical (unpaired) electrons. The predicted octanol–water partition coefficient (Wildman–Crippen LogP) is 0.242. The summed E-state index contributed by atoms with van der Waals surface area (Å²) in [7, 11) is 0. The molecule has 7 nitrogen and oxygen atoms in total. The number of carbonyl (C=O) groups excluding carboxylic acids is 2. The third-order valence-corrected chi connectivity index (χ3v) is 3.30. The van der Waals surface area contributed by atoms with Gasteiger partial charge in [-0.3, -0.25) is 9.59 Å². The summed E-state index contributed by atoms with van der Waals surface area (Å²) in [6.07, 6.45) is 2.68. The van der Waals surface area contributed by atoms with Gasteiger partial charge in [-0.05, 0) is 6.42 Å². The van der Waals surface area contributed by atoms with Gasteiger partial charge in [0, 0.05) is 0 Å². The van der Waals surface area contributed by atoms with Crippen LogP contribution in [-0.2, 0) is 28.5 Å². The summed E-state index contributed by atoms with van der Waals surface area (Å²) in [6.45, 7) is 3.91. The lowest BCUT2D eigenvalue weighted by Crippen LogP contribution is -2.24. The molecule has 2 fully saturated rings. The molecule has 0 saturated carbocycles. The summed E-state index contributed by atoms with van der Waals surface area (Å²) >= 11 is 0. The Bertz CT molecular complexity index is 336. The average Bonchev–Trinajstić information content (AvgIpc) is 3.31. The summed E-state index contributed by atoms with van der Waals surface area (Å²) in [5.74, 6) is -1.10. The number of carbonyl (C=O) groups is 2. The van der Waals surface area contributed by atoms with Gasteiger partial charge in [0.1, 0.15) is 25.4 Å². The van der Waals surface area contributed by atoms with Crippen molar-refractivity contribution < 1.29 is 34.0 Å². The van der Waals surface area contributed by atoms with Gasteiger partial charge in [-0.2, -0.15) is 0 Å². The van der Waals surface area contributed by atoms with Crippen molar-refractivity contribution in [3.05, 3.63) is 0 Å². The lowest BCUT2D eigenvalue weighted by atomic mass is 9.99. The van der Waals surface area contributed by atoms with Gasteiger partial charge in [-0.1, -0.05) is 19.8 Å². The zero-order valence-corrected chi connectivity index (χ0v) is 12.3. The first kappa shape index (κ1) is 17.9. The number of hydrogen-bond acceptors (Lipinski definition) is 6. The van der Waals surface area contributed by atoms with Crippen molar-refractivity contribution in [2.45, 2.75) is 44.8 Å². The Morgan fingerprint density at radius 2 is 1.71 bits per heavy atom. The van der Waals surface area contributed by atoms with Gasteiger partial charge in [-0.25, -0.2) is 0 Å². The highest BCUT2D eigenvalue weighted by molar-refractivity contribution is 5.80. The molecule has 2 aliphatic rings. The molecule has 0 amide bonds. The molecule has 0 aromatic heterocycles. The molecular weight excluding hydrogens is 280 g/mol. The van der Waals surface area contributed by atoms with E-state index in [0.717, 1.165) is 12.8 Å². The second kappa shape index (κ2) is 8.96. The first-order valence-corrected chi connectivity index (χ1v) is 7.24. The van der Waals surface area contributed by atoms with Crippen LogP contribution in [0, 0.1) is 5.92 Å². The van der Waals surface area contributed by atoms with Crippen molar-refractivity contribution in [3.8, 4) is 0 Å². The second-order valence-corrected chi connectivity index (χ2v) is 5.27.